The molecule has 2 rings (SSSR count). The Morgan fingerprint density at radius 2 is 1.78 bits per heavy atom. The highest BCUT2D eigenvalue weighted by Gasteiger charge is 2.14. The Kier molecular flexibility index (Phi) is 3.43. The highest BCUT2D eigenvalue weighted by molar-refractivity contribution is 5.26. The fraction of sp³-hybridized carbons (Fsp3) is 0.308. The van der Waals surface area contributed by atoms with Crippen LogP contribution in [0.25, 0.3) is 0 Å². The number of nitrogens with two attached hydrogens (primary N) is 1. The van der Waals surface area contributed by atoms with E-state index in [0.717, 1.165) is 17.0 Å². The lowest BCUT2D eigenvalue weighted by molar-refractivity contribution is 0.528. The van der Waals surface area contributed by atoms with E-state index >= 15 is 0 Å². The monoisotopic (exact) mass is 251 g/mol. The third-order valence-electron chi connectivity index (χ3n) is 3.11. The number of benzene rings is 1. The molecular formula is C13H15F2N3. The Labute approximate surface area is 104 Å². The number of halogens is 2. The summed E-state index contributed by atoms with van der Waals surface area (Å²) in [4.78, 5) is 0. The lowest BCUT2D eigenvalue weighted by atomic mass is 10.2. The maximum absolute atomic E-state index is 13.6. The highest BCUT2D eigenvalue weighted by atomic mass is 19.1. The van der Waals surface area contributed by atoms with Crippen LogP contribution in [0.2, 0.25) is 0 Å². The first-order valence-corrected chi connectivity index (χ1v) is 5.70. The molecule has 0 aliphatic carbocycles. The number of rotatable bonds is 3. The average molecular weight is 251 g/mol. The molecule has 0 aliphatic rings. The second kappa shape index (κ2) is 4.86. The maximum Gasteiger partial charge on any atom is 0.131 e. The molecule has 2 aromatic rings. The van der Waals surface area contributed by atoms with E-state index in [1.165, 1.54) is 18.2 Å². The van der Waals surface area contributed by atoms with Crippen molar-refractivity contribution in [1.82, 2.24) is 9.78 Å². The van der Waals surface area contributed by atoms with Gasteiger partial charge in [-0.15, -0.1) is 0 Å². The molecule has 2 N–H and O–H groups in total. The van der Waals surface area contributed by atoms with E-state index in [-0.39, 0.29) is 12.1 Å². The molecule has 1 aromatic carbocycles. The quantitative estimate of drug-likeness (QED) is 0.909. The smallest absolute Gasteiger partial charge is 0.131 e. The molecular weight excluding hydrogens is 236 g/mol. The number of aryl methyl sites for hydroxylation is 1. The van der Waals surface area contributed by atoms with E-state index in [1.54, 1.807) is 4.68 Å². The minimum absolute atomic E-state index is 0.0201. The summed E-state index contributed by atoms with van der Waals surface area (Å²) in [6, 6.07) is 3.84. The van der Waals surface area contributed by atoms with Gasteiger partial charge in [0.1, 0.15) is 11.6 Å². The van der Waals surface area contributed by atoms with Gasteiger partial charge in [0.2, 0.25) is 0 Å². The molecule has 0 saturated heterocycles. The van der Waals surface area contributed by atoms with Crippen LogP contribution in [0.1, 0.15) is 22.5 Å². The van der Waals surface area contributed by atoms with Gasteiger partial charge in [-0.1, -0.05) is 6.07 Å². The molecule has 0 aliphatic heterocycles. The number of nitrogens with zero attached hydrogens (tertiary/aromatic N) is 2. The topological polar surface area (TPSA) is 43.8 Å². The molecule has 96 valence electrons. The molecule has 1 aromatic heterocycles. The molecule has 0 amide bonds. The molecule has 0 atom stereocenters. The van der Waals surface area contributed by atoms with Gasteiger partial charge in [0.15, 0.2) is 0 Å². The van der Waals surface area contributed by atoms with Crippen molar-refractivity contribution in [3.05, 3.63) is 52.3 Å². The van der Waals surface area contributed by atoms with Crippen molar-refractivity contribution in [3.63, 3.8) is 0 Å². The minimum atomic E-state index is -0.558. The third-order valence-corrected chi connectivity index (χ3v) is 3.11. The number of hydrogen-bond acceptors (Lipinski definition) is 2. The predicted molar refractivity (Wildman–Crippen MR) is 65.1 cm³/mol. The van der Waals surface area contributed by atoms with E-state index in [2.05, 4.69) is 5.10 Å². The SMILES string of the molecule is Cc1nn(Cc2c(F)cccc2F)c(C)c1CN. The fourth-order valence-corrected chi connectivity index (χ4v) is 2.02. The lowest BCUT2D eigenvalue weighted by Crippen LogP contribution is -2.08. The summed E-state index contributed by atoms with van der Waals surface area (Å²) < 4.78 is 28.7. The van der Waals surface area contributed by atoms with Crippen LogP contribution < -0.4 is 5.73 Å². The van der Waals surface area contributed by atoms with Gasteiger partial charge in [-0.3, -0.25) is 4.68 Å². The van der Waals surface area contributed by atoms with Crippen molar-refractivity contribution in [2.24, 2.45) is 5.73 Å². The molecule has 18 heavy (non-hydrogen) atoms. The standard InChI is InChI=1S/C13H15F2N3/c1-8-10(6-16)9(2)18(17-8)7-11-12(14)4-3-5-13(11)15/h3-5H,6-7,16H2,1-2H3. The Morgan fingerprint density at radius 3 is 2.28 bits per heavy atom. The Morgan fingerprint density at radius 1 is 1.17 bits per heavy atom. The largest absolute Gasteiger partial charge is 0.326 e. The van der Waals surface area contributed by atoms with Crippen molar-refractivity contribution >= 4 is 0 Å². The summed E-state index contributed by atoms with van der Waals surface area (Å²) in [5, 5.41) is 4.26. The second-order valence-corrected chi connectivity index (χ2v) is 4.21. The van der Waals surface area contributed by atoms with Crippen LogP contribution in [0.5, 0.6) is 0 Å². The summed E-state index contributed by atoms with van der Waals surface area (Å²) in [6.07, 6.45) is 0. The molecule has 0 saturated carbocycles. The van der Waals surface area contributed by atoms with Crippen LogP contribution in [-0.2, 0) is 13.1 Å². The van der Waals surface area contributed by atoms with Crippen molar-refractivity contribution in [3.8, 4) is 0 Å². The Balaban J connectivity index is 2.41. The van der Waals surface area contributed by atoms with Crippen LogP contribution >= 0.6 is 0 Å². The Hall–Kier alpha value is -1.75. The molecule has 0 bridgehead atoms. The van der Waals surface area contributed by atoms with E-state index in [9.17, 15) is 8.78 Å². The first-order valence-electron chi connectivity index (χ1n) is 5.70. The van der Waals surface area contributed by atoms with E-state index in [1.807, 2.05) is 13.8 Å². The van der Waals surface area contributed by atoms with Crippen LogP contribution in [0.15, 0.2) is 18.2 Å². The first kappa shape index (κ1) is 12.7. The Bertz CT molecular complexity index is 556. The predicted octanol–water partition coefficient (Wildman–Crippen LogP) is 2.29. The fourth-order valence-electron chi connectivity index (χ4n) is 2.02. The zero-order chi connectivity index (χ0) is 13.3. The molecule has 1 heterocycles. The average Bonchev–Trinajstić information content (AvgIpc) is 2.59. The van der Waals surface area contributed by atoms with E-state index in [0.29, 0.717) is 6.54 Å². The van der Waals surface area contributed by atoms with Crippen LogP contribution in [0, 0.1) is 25.5 Å². The van der Waals surface area contributed by atoms with Crippen molar-refractivity contribution < 1.29 is 8.78 Å². The molecule has 0 unspecified atom stereocenters. The van der Waals surface area contributed by atoms with Gasteiger partial charge in [-0.05, 0) is 26.0 Å². The maximum atomic E-state index is 13.6. The van der Waals surface area contributed by atoms with Gasteiger partial charge < -0.3 is 5.73 Å². The summed E-state index contributed by atoms with van der Waals surface area (Å²) in [7, 11) is 0. The van der Waals surface area contributed by atoms with Gasteiger partial charge in [-0.25, -0.2) is 8.78 Å². The molecule has 0 radical (unpaired) electrons. The lowest BCUT2D eigenvalue weighted by Gasteiger charge is -2.07. The second-order valence-electron chi connectivity index (χ2n) is 4.21. The normalized spacial score (nSPS) is 10.9. The van der Waals surface area contributed by atoms with E-state index in [4.69, 9.17) is 5.73 Å². The van der Waals surface area contributed by atoms with Crippen molar-refractivity contribution in [2.45, 2.75) is 26.9 Å². The zero-order valence-corrected chi connectivity index (χ0v) is 10.4. The number of hydrogen-bond donors (Lipinski definition) is 1. The van der Waals surface area contributed by atoms with Gasteiger partial charge in [0.05, 0.1) is 12.2 Å². The molecule has 5 heteroatoms. The third kappa shape index (κ3) is 2.13. The summed E-state index contributed by atoms with van der Waals surface area (Å²) in [6.45, 7) is 4.13. The molecule has 0 fully saturated rings. The zero-order valence-electron chi connectivity index (χ0n) is 10.4. The molecule has 0 spiro atoms. The van der Waals surface area contributed by atoms with Gasteiger partial charge in [0, 0.05) is 23.4 Å². The molecule has 3 nitrogen and oxygen atoms in total. The number of aromatic nitrogens is 2. The van der Waals surface area contributed by atoms with Gasteiger partial charge >= 0.3 is 0 Å². The summed E-state index contributed by atoms with van der Waals surface area (Å²) in [5.41, 5.74) is 8.20. The van der Waals surface area contributed by atoms with Gasteiger partial charge in [0.25, 0.3) is 0 Å². The van der Waals surface area contributed by atoms with Crippen LogP contribution in [0.4, 0.5) is 8.78 Å². The van der Waals surface area contributed by atoms with Crippen LogP contribution in [0.3, 0.4) is 0 Å². The van der Waals surface area contributed by atoms with Crippen LogP contribution in [-0.4, -0.2) is 9.78 Å². The van der Waals surface area contributed by atoms with E-state index < -0.39 is 11.6 Å². The minimum Gasteiger partial charge on any atom is -0.326 e. The van der Waals surface area contributed by atoms with Crippen molar-refractivity contribution in [1.29, 1.82) is 0 Å². The van der Waals surface area contributed by atoms with Gasteiger partial charge in [-0.2, -0.15) is 5.10 Å². The summed E-state index contributed by atoms with van der Waals surface area (Å²) in [5.74, 6) is -1.12. The summed E-state index contributed by atoms with van der Waals surface area (Å²) >= 11 is 0. The highest BCUT2D eigenvalue weighted by Crippen LogP contribution is 2.17. The van der Waals surface area contributed by atoms with Crippen molar-refractivity contribution in [2.75, 3.05) is 0 Å². The first-order chi connectivity index (χ1) is 8.54.